The normalized spacial score (nSPS) is 13.9. The third-order valence-electron chi connectivity index (χ3n) is 14.7. The lowest BCUT2D eigenvalue weighted by atomic mass is 9.70. The maximum atomic E-state index is 2.48. The average molecular weight is 828 g/mol. The molecule has 0 N–H and O–H groups in total. The molecular weight excluding hydrogens is 783 g/mol. The van der Waals surface area contributed by atoms with Crippen molar-refractivity contribution >= 4 is 17.1 Å². The maximum Gasteiger partial charge on any atom is 0.0725 e. The Morgan fingerprint density at radius 2 is 0.723 bits per heavy atom. The van der Waals surface area contributed by atoms with Crippen molar-refractivity contribution in [1.82, 2.24) is 0 Å². The Morgan fingerprint density at radius 3 is 1.37 bits per heavy atom. The van der Waals surface area contributed by atoms with Gasteiger partial charge in [0.05, 0.1) is 11.1 Å². The van der Waals surface area contributed by atoms with Gasteiger partial charge in [0, 0.05) is 22.4 Å². The van der Waals surface area contributed by atoms with E-state index in [4.69, 9.17) is 0 Å². The second-order valence-electron chi connectivity index (χ2n) is 18.4. The van der Waals surface area contributed by atoms with Gasteiger partial charge in [0.2, 0.25) is 0 Å². The van der Waals surface area contributed by atoms with Gasteiger partial charge in [-0.3, -0.25) is 0 Å². The molecule has 0 aromatic heterocycles. The Labute approximate surface area is 381 Å². The van der Waals surface area contributed by atoms with E-state index in [0.29, 0.717) is 0 Å². The highest BCUT2D eigenvalue weighted by Gasteiger charge is 2.52. The van der Waals surface area contributed by atoms with Gasteiger partial charge in [-0.15, -0.1) is 0 Å². The highest BCUT2D eigenvalue weighted by molar-refractivity contribution is 6.01. The van der Waals surface area contributed by atoms with Gasteiger partial charge in [-0.25, -0.2) is 0 Å². The van der Waals surface area contributed by atoms with Crippen LogP contribution >= 0.6 is 0 Å². The number of fused-ring (bicyclic) bond motifs is 13. The van der Waals surface area contributed by atoms with Crippen LogP contribution in [0.4, 0.5) is 17.1 Å². The molecule has 0 heterocycles. The molecule has 0 radical (unpaired) electrons. The molecule has 0 saturated heterocycles. The van der Waals surface area contributed by atoms with Crippen molar-refractivity contribution in [3.05, 3.63) is 270 Å². The fraction of sp³-hybridized carbons (Fsp3) is 0.0625. The van der Waals surface area contributed by atoms with Gasteiger partial charge >= 0.3 is 0 Å². The first-order chi connectivity index (χ1) is 32.0. The summed E-state index contributed by atoms with van der Waals surface area (Å²) < 4.78 is 0. The summed E-state index contributed by atoms with van der Waals surface area (Å²) in [5.41, 5.74) is 26.2. The van der Waals surface area contributed by atoms with Gasteiger partial charge in [0.25, 0.3) is 0 Å². The number of rotatable bonds is 6. The number of hydrogen-bond acceptors (Lipinski definition) is 1. The number of benzene rings is 10. The standard InChI is InChI=1S/C64H45N/c1-63(2)54-25-12-11-23-52(54)62-57(63)28-16-30-60(62)65(47-36-31-44(32-37-47)42-17-5-3-6-18-42)48-38-33-45(34-39-48)49-24-15-29-58-61(49)53-40-35-46(43-19-7-4-8-20-43)41-59(53)64(58)55-26-13-9-21-50(55)51-22-10-14-27-56(51)64/h3-41H,1-2H3. The van der Waals surface area contributed by atoms with Crippen LogP contribution in [0, 0.1) is 0 Å². The third-order valence-corrected chi connectivity index (χ3v) is 14.7. The van der Waals surface area contributed by atoms with Crippen LogP contribution in [0.15, 0.2) is 237 Å². The van der Waals surface area contributed by atoms with Crippen LogP contribution in [0.2, 0.25) is 0 Å². The quantitative estimate of drug-likeness (QED) is 0.161. The predicted molar refractivity (Wildman–Crippen MR) is 271 cm³/mol. The molecular formula is C64H45N. The Kier molecular flexibility index (Phi) is 8.24. The van der Waals surface area contributed by atoms with Crippen molar-refractivity contribution in [2.45, 2.75) is 24.7 Å². The molecule has 13 rings (SSSR count). The number of anilines is 3. The van der Waals surface area contributed by atoms with E-state index in [1.807, 2.05) is 0 Å². The minimum Gasteiger partial charge on any atom is -0.310 e. The molecule has 0 aliphatic heterocycles. The Bertz CT molecular complexity index is 3440. The first-order valence-corrected chi connectivity index (χ1v) is 22.8. The van der Waals surface area contributed by atoms with Crippen LogP contribution in [0.5, 0.6) is 0 Å². The zero-order valence-electron chi connectivity index (χ0n) is 36.5. The first-order valence-electron chi connectivity index (χ1n) is 22.8. The van der Waals surface area contributed by atoms with Crippen LogP contribution < -0.4 is 4.90 Å². The van der Waals surface area contributed by atoms with Crippen LogP contribution in [0.3, 0.4) is 0 Å². The summed E-state index contributed by atoms with van der Waals surface area (Å²) in [6, 6.07) is 88.1. The lowest BCUT2D eigenvalue weighted by Crippen LogP contribution is -2.25. The SMILES string of the molecule is CC1(C)c2ccccc2-c2c(N(c3ccc(-c4ccccc4)cc3)c3ccc(-c4cccc5c4-c4ccc(-c6ccccc6)cc4C54c5ccccc5-c5ccccc54)cc3)cccc21. The molecule has 65 heavy (non-hydrogen) atoms. The molecule has 1 nitrogen and oxygen atoms in total. The maximum absolute atomic E-state index is 2.48. The summed E-state index contributed by atoms with van der Waals surface area (Å²) in [4.78, 5) is 2.47. The molecule has 10 aromatic carbocycles. The molecule has 0 fully saturated rings. The van der Waals surface area contributed by atoms with Crippen LogP contribution in [0.1, 0.15) is 47.2 Å². The Morgan fingerprint density at radius 1 is 0.277 bits per heavy atom. The van der Waals surface area contributed by atoms with Crippen molar-refractivity contribution in [2.75, 3.05) is 4.90 Å². The summed E-state index contributed by atoms with van der Waals surface area (Å²) >= 11 is 0. The monoisotopic (exact) mass is 827 g/mol. The lowest BCUT2D eigenvalue weighted by Gasteiger charge is -2.31. The molecule has 1 heteroatoms. The molecule has 0 atom stereocenters. The summed E-state index contributed by atoms with van der Waals surface area (Å²) in [7, 11) is 0. The zero-order chi connectivity index (χ0) is 43.3. The van der Waals surface area contributed by atoms with Crippen molar-refractivity contribution in [2.24, 2.45) is 0 Å². The smallest absolute Gasteiger partial charge is 0.0725 e. The van der Waals surface area contributed by atoms with E-state index in [9.17, 15) is 0 Å². The van der Waals surface area contributed by atoms with Gasteiger partial charge in [-0.2, -0.15) is 0 Å². The Hall–Kier alpha value is -8.00. The van der Waals surface area contributed by atoms with Gasteiger partial charge in [-0.1, -0.05) is 214 Å². The van der Waals surface area contributed by atoms with Crippen LogP contribution in [-0.4, -0.2) is 0 Å². The molecule has 306 valence electrons. The van der Waals surface area contributed by atoms with Crippen molar-refractivity contribution in [1.29, 1.82) is 0 Å². The fourth-order valence-corrected chi connectivity index (χ4v) is 11.8. The average Bonchev–Trinajstić information content (AvgIpc) is 3.93. The van der Waals surface area contributed by atoms with Crippen LogP contribution in [-0.2, 0) is 10.8 Å². The molecule has 3 aliphatic carbocycles. The van der Waals surface area contributed by atoms with Crippen molar-refractivity contribution in [3.63, 3.8) is 0 Å². The lowest BCUT2D eigenvalue weighted by molar-refractivity contribution is 0.660. The van der Waals surface area contributed by atoms with Gasteiger partial charge in [-0.05, 0) is 131 Å². The van der Waals surface area contributed by atoms with Gasteiger partial charge in [0.1, 0.15) is 0 Å². The van der Waals surface area contributed by atoms with E-state index >= 15 is 0 Å². The molecule has 0 bridgehead atoms. The summed E-state index contributed by atoms with van der Waals surface area (Å²) in [6.45, 7) is 4.72. The van der Waals surface area contributed by atoms with E-state index in [1.54, 1.807) is 0 Å². The van der Waals surface area contributed by atoms with Gasteiger partial charge < -0.3 is 4.90 Å². The van der Waals surface area contributed by atoms with Crippen molar-refractivity contribution in [3.8, 4) is 66.8 Å². The largest absolute Gasteiger partial charge is 0.310 e. The zero-order valence-corrected chi connectivity index (χ0v) is 36.5. The minimum absolute atomic E-state index is 0.113. The van der Waals surface area contributed by atoms with E-state index in [0.717, 1.165) is 11.4 Å². The number of nitrogens with zero attached hydrogens (tertiary/aromatic N) is 1. The van der Waals surface area contributed by atoms with Gasteiger partial charge in [0.15, 0.2) is 0 Å². The molecule has 0 unspecified atom stereocenters. The third kappa shape index (κ3) is 5.39. The highest BCUT2D eigenvalue weighted by atomic mass is 15.1. The second-order valence-corrected chi connectivity index (χ2v) is 18.4. The molecule has 1 spiro atoms. The van der Waals surface area contributed by atoms with E-state index in [2.05, 4.69) is 255 Å². The highest BCUT2D eigenvalue weighted by Crippen LogP contribution is 2.64. The summed E-state index contributed by atoms with van der Waals surface area (Å²) in [6.07, 6.45) is 0. The number of hydrogen-bond donors (Lipinski definition) is 0. The Balaban J connectivity index is 0.995. The predicted octanol–water partition coefficient (Wildman–Crippen LogP) is 16.8. The molecule has 10 aromatic rings. The molecule has 0 saturated carbocycles. The van der Waals surface area contributed by atoms with Crippen molar-refractivity contribution < 1.29 is 0 Å². The minimum atomic E-state index is -0.445. The molecule has 3 aliphatic rings. The van der Waals surface area contributed by atoms with Crippen LogP contribution in [0.25, 0.3) is 66.8 Å². The van der Waals surface area contributed by atoms with E-state index < -0.39 is 5.41 Å². The second kappa shape index (κ2) is 14.3. The topological polar surface area (TPSA) is 3.24 Å². The fourth-order valence-electron chi connectivity index (χ4n) is 11.8. The molecule has 0 amide bonds. The summed E-state index contributed by atoms with van der Waals surface area (Å²) in [5.74, 6) is 0. The van der Waals surface area contributed by atoms with E-state index in [1.165, 1.54) is 106 Å². The summed E-state index contributed by atoms with van der Waals surface area (Å²) in [5, 5.41) is 0. The first kappa shape index (κ1) is 37.5. The van der Waals surface area contributed by atoms with E-state index in [-0.39, 0.29) is 5.41 Å².